The van der Waals surface area contributed by atoms with Crippen LogP contribution in [0.4, 0.5) is 42.1 Å². The predicted octanol–water partition coefficient (Wildman–Crippen LogP) is 7.53. The first-order valence-corrected chi connectivity index (χ1v) is 14.1. The number of benzene rings is 3. The fourth-order valence-electron chi connectivity index (χ4n) is 3.86. The van der Waals surface area contributed by atoms with Gasteiger partial charge in [-0.2, -0.15) is 30.7 Å². The van der Waals surface area contributed by atoms with Crippen molar-refractivity contribution in [2.24, 2.45) is 0 Å². The molecule has 0 aliphatic heterocycles. The lowest BCUT2D eigenvalue weighted by atomic mass is 10.2. The van der Waals surface area contributed by atoms with Gasteiger partial charge in [0.25, 0.3) is 0 Å². The number of hydrogen-bond acceptors (Lipinski definition) is 8. The summed E-state index contributed by atoms with van der Waals surface area (Å²) in [6.45, 7) is -0.309. The van der Waals surface area contributed by atoms with Gasteiger partial charge in [0.1, 0.15) is 11.5 Å². The zero-order valence-electron chi connectivity index (χ0n) is 24.7. The maximum Gasteiger partial charge on any atom is 0.453 e. The molecule has 15 heteroatoms. The number of esters is 2. The van der Waals surface area contributed by atoms with E-state index in [0.29, 0.717) is 29.8 Å². The molecule has 0 atom stereocenters. The second kappa shape index (κ2) is 16.1. The summed E-state index contributed by atoms with van der Waals surface area (Å²) in [5.74, 6) is -6.27. The van der Waals surface area contributed by atoms with E-state index in [-0.39, 0.29) is 30.3 Å². The van der Waals surface area contributed by atoms with Crippen LogP contribution in [0.1, 0.15) is 47.2 Å². The van der Waals surface area contributed by atoms with Crippen LogP contribution < -0.4 is 20.9 Å². The van der Waals surface area contributed by atoms with Gasteiger partial charge in [-0.05, 0) is 85.5 Å². The molecule has 0 aromatic heterocycles. The average molecular weight is 673 g/mol. The number of carbonyl (C=O) groups excluding carboxylic acids is 2. The minimum absolute atomic E-state index is 0.00325. The van der Waals surface area contributed by atoms with E-state index in [1.165, 1.54) is 48.5 Å². The van der Waals surface area contributed by atoms with Crippen LogP contribution in [-0.4, -0.2) is 43.9 Å². The van der Waals surface area contributed by atoms with Crippen LogP contribution in [-0.2, 0) is 20.4 Å². The number of carbonyl (C=O) groups is 2. The Morgan fingerprint density at radius 3 is 1.87 bits per heavy atom. The van der Waals surface area contributed by atoms with Crippen molar-refractivity contribution in [3.63, 3.8) is 0 Å². The number of nitrogen functional groups attached to an aromatic ring is 2. The van der Waals surface area contributed by atoms with Crippen LogP contribution in [0.2, 0.25) is 0 Å². The van der Waals surface area contributed by atoms with Gasteiger partial charge in [0, 0.05) is 23.9 Å². The van der Waals surface area contributed by atoms with Gasteiger partial charge >= 0.3 is 30.1 Å². The van der Waals surface area contributed by atoms with E-state index in [9.17, 15) is 40.3 Å². The highest BCUT2D eigenvalue weighted by Crippen LogP contribution is 2.39. The predicted molar refractivity (Wildman–Crippen MR) is 158 cm³/mol. The van der Waals surface area contributed by atoms with Gasteiger partial charge in [-0.3, -0.25) is 0 Å². The van der Waals surface area contributed by atoms with Gasteiger partial charge in [-0.1, -0.05) is 12.1 Å². The lowest BCUT2D eigenvalue weighted by Crippen LogP contribution is -2.36. The van der Waals surface area contributed by atoms with E-state index in [1.54, 1.807) is 0 Å². The molecule has 0 aliphatic carbocycles. The van der Waals surface area contributed by atoms with Crippen molar-refractivity contribution in [3.8, 4) is 11.5 Å². The molecule has 0 spiro atoms. The molecule has 3 aromatic rings. The Morgan fingerprint density at radius 2 is 1.28 bits per heavy atom. The Labute approximate surface area is 265 Å². The highest BCUT2D eigenvalue weighted by molar-refractivity contribution is 5.91. The van der Waals surface area contributed by atoms with Gasteiger partial charge < -0.3 is 30.4 Å². The molecule has 8 nitrogen and oxygen atoms in total. The summed E-state index contributed by atoms with van der Waals surface area (Å²) in [6, 6.07) is 13.9. The molecule has 0 saturated heterocycles. The van der Waals surface area contributed by atoms with Crippen LogP contribution >= 0.6 is 0 Å². The van der Waals surface area contributed by atoms with Crippen molar-refractivity contribution < 1.29 is 59.3 Å². The summed E-state index contributed by atoms with van der Waals surface area (Å²) in [6.07, 6.45) is -8.10. The molecular weight excluding hydrogens is 641 g/mol. The van der Waals surface area contributed by atoms with E-state index in [2.05, 4.69) is 0 Å². The highest BCUT2D eigenvalue weighted by atomic mass is 19.4. The molecule has 0 heterocycles. The molecule has 4 N–H and O–H groups in total. The third-order valence-corrected chi connectivity index (χ3v) is 6.28. The van der Waals surface area contributed by atoms with Crippen LogP contribution in [0.25, 0.3) is 6.08 Å². The van der Waals surface area contributed by atoms with Crippen molar-refractivity contribution in [2.45, 2.75) is 43.9 Å². The normalized spacial score (nSPS) is 12.1. The maximum atomic E-state index is 14.7. The Morgan fingerprint density at radius 1 is 0.702 bits per heavy atom. The Hall–Kier alpha value is -4.95. The molecule has 0 fully saturated rings. The summed E-state index contributed by atoms with van der Waals surface area (Å²) in [5.41, 5.74) is 12.1. The quantitative estimate of drug-likeness (QED) is 0.0527. The number of ether oxygens (including phenoxy) is 4. The zero-order valence-corrected chi connectivity index (χ0v) is 24.7. The summed E-state index contributed by atoms with van der Waals surface area (Å²) in [7, 11) is 0. The molecule has 0 radical (unpaired) electrons. The van der Waals surface area contributed by atoms with Crippen LogP contribution in [0, 0.1) is 0 Å². The molecule has 3 aromatic carbocycles. The zero-order chi connectivity index (χ0) is 34.7. The lowest BCUT2D eigenvalue weighted by molar-refractivity contribution is -0.284. The van der Waals surface area contributed by atoms with Gasteiger partial charge in [0.05, 0.1) is 30.9 Å². The SMILES string of the molecule is Nc1cc(N)cc(C(=O)OCCCCOC(=O)C=Cc2ccc(OC(F)(F)c3ccc(OCCCC(F)(F)C(F)(F)F)cc3)cc2)c1. The average Bonchev–Trinajstić information content (AvgIpc) is 2.99. The van der Waals surface area contributed by atoms with E-state index < -0.39 is 55.2 Å². The Bertz CT molecular complexity index is 1490. The smallest absolute Gasteiger partial charge is 0.453 e. The first kappa shape index (κ1) is 36.5. The molecule has 0 bridgehead atoms. The topological polar surface area (TPSA) is 123 Å². The number of rotatable bonds is 16. The second-order valence-corrected chi connectivity index (χ2v) is 10.1. The Balaban J connectivity index is 1.37. The number of nitrogens with two attached hydrogens (primary N) is 2. The molecule has 0 saturated carbocycles. The monoisotopic (exact) mass is 672 g/mol. The van der Waals surface area contributed by atoms with Gasteiger partial charge in [0.2, 0.25) is 0 Å². The van der Waals surface area contributed by atoms with E-state index in [4.69, 9.17) is 30.4 Å². The van der Waals surface area contributed by atoms with Gasteiger partial charge in [0.15, 0.2) is 0 Å². The second-order valence-electron chi connectivity index (χ2n) is 10.1. The van der Waals surface area contributed by atoms with Crippen molar-refractivity contribution in [1.82, 2.24) is 0 Å². The molecule has 0 aliphatic rings. The largest absolute Gasteiger partial charge is 0.494 e. The number of unbranched alkanes of at least 4 members (excludes halogenated alkanes) is 1. The van der Waals surface area contributed by atoms with Crippen molar-refractivity contribution in [2.75, 3.05) is 31.3 Å². The first-order valence-electron chi connectivity index (χ1n) is 14.1. The van der Waals surface area contributed by atoms with Crippen LogP contribution in [0.15, 0.2) is 72.8 Å². The summed E-state index contributed by atoms with van der Waals surface area (Å²) in [4.78, 5) is 24.0. The van der Waals surface area contributed by atoms with E-state index in [1.807, 2.05) is 0 Å². The van der Waals surface area contributed by atoms with Crippen LogP contribution in [0.3, 0.4) is 0 Å². The number of anilines is 2. The third-order valence-electron chi connectivity index (χ3n) is 6.28. The molecule has 3 rings (SSSR count). The molecule has 254 valence electrons. The summed E-state index contributed by atoms with van der Waals surface area (Å²) >= 11 is 0. The van der Waals surface area contributed by atoms with Crippen molar-refractivity contribution in [3.05, 3.63) is 89.5 Å². The third kappa shape index (κ3) is 11.7. The fourth-order valence-corrected chi connectivity index (χ4v) is 3.86. The van der Waals surface area contributed by atoms with E-state index in [0.717, 1.165) is 30.3 Å². The van der Waals surface area contributed by atoms with E-state index >= 15 is 0 Å². The minimum Gasteiger partial charge on any atom is -0.494 e. The van der Waals surface area contributed by atoms with Crippen molar-refractivity contribution in [1.29, 1.82) is 0 Å². The summed E-state index contributed by atoms with van der Waals surface area (Å²) in [5, 5.41) is 0. The lowest BCUT2D eigenvalue weighted by Gasteiger charge is -2.20. The summed E-state index contributed by atoms with van der Waals surface area (Å²) < 4.78 is 112. The first-order chi connectivity index (χ1) is 22.1. The number of hydrogen-bond donors (Lipinski definition) is 2. The molecule has 47 heavy (non-hydrogen) atoms. The molecular formula is C32H31F7N2O6. The number of alkyl halides is 7. The maximum absolute atomic E-state index is 14.7. The fraction of sp³-hybridized carbons (Fsp3) is 0.312. The van der Waals surface area contributed by atoms with Crippen LogP contribution in [0.5, 0.6) is 11.5 Å². The van der Waals surface area contributed by atoms with Gasteiger partial charge in [-0.15, -0.1) is 0 Å². The Kier molecular flexibility index (Phi) is 12.5. The minimum atomic E-state index is -5.66. The van der Waals surface area contributed by atoms with Gasteiger partial charge in [-0.25, -0.2) is 9.59 Å². The highest BCUT2D eigenvalue weighted by Gasteiger charge is 2.56. The van der Waals surface area contributed by atoms with Crippen molar-refractivity contribution >= 4 is 29.4 Å². The molecule has 0 amide bonds. The standard InChI is InChI=1S/C32H31F7N2O6/c33-30(34,32(37,38)39)14-3-17-44-26-11-7-23(8-12-26)31(35,36)47-27-9-4-21(5-10-27)6-13-28(42)45-15-1-2-16-46-29(43)22-18-24(40)20-25(41)19-22/h4-13,18-20H,1-3,14-17,40-41H2. The number of halogens is 7. The molecule has 0 unspecified atom stereocenters.